The molecule has 0 heterocycles. The summed E-state index contributed by atoms with van der Waals surface area (Å²) in [7, 11) is 0. The summed E-state index contributed by atoms with van der Waals surface area (Å²) < 4.78 is 0. The zero-order valence-electron chi connectivity index (χ0n) is 12.2. The zero-order valence-corrected chi connectivity index (χ0v) is 12.2. The van der Waals surface area contributed by atoms with Crippen molar-refractivity contribution in [3.63, 3.8) is 0 Å². The van der Waals surface area contributed by atoms with Gasteiger partial charge in [0.15, 0.2) is 0 Å². The molecule has 102 valence electrons. The van der Waals surface area contributed by atoms with Crippen LogP contribution in [0.5, 0.6) is 0 Å². The molecular weight excluding hydrogens is 220 g/mol. The van der Waals surface area contributed by atoms with Gasteiger partial charge in [0.2, 0.25) is 0 Å². The summed E-state index contributed by atoms with van der Waals surface area (Å²) in [6.45, 7) is 12.2. The summed E-state index contributed by atoms with van der Waals surface area (Å²) in [4.78, 5) is 2.47. The van der Waals surface area contributed by atoms with E-state index in [2.05, 4.69) is 55.3 Å². The SMILES string of the molecule is CCCNCCc1ccccc1CN(CC)CC. The molecule has 2 heteroatoms. The molecule has 0 aliphatic rings. The van der Waals surface area contributed by atoms with Gasteiger partial charge in [-0.1, -0.05) is 45.0 Å². The lowest BCUT2D eigenvalue weighted by molar-refractivity contribution is 0.295. The van der Waals surface area contributed by atoms with Gasteiger partial charge in [0.05, 0.1) is 0 Å². The lowest BCUT2D eigenvalue weighted by Crippen LogP contribution is -2.23. The monoisotopic (exact) mass is 248 g/mol. The van der Waals surface area contributed by atoms with Crippen LogP contribution >= 0.6 is 0 Å². The maximum atomic E-state index is 3.48. The fourth-order valence-corrected chi connectivity index (χ4v) is 2.17. The third kappa shape index (κ3) is 5.19. The van der Waals surface area contributed by atoms with E-state index in [-0.39, 0.29) is 0 Å². The van der Waals surface area contributed by atoms with Crippen molar-refractivity contribution < 1.29 is 0 Å². The summed E-state index contributed by atoms with van der Waals surface area (Å²) in [5, 5.41) is 3.48. The number of benzene rings is 1. The summed E-state index contributed by atoms with van der Waals surface area (Å²) in [5.41, 5.74) is 2.98. The average molecular weight is 248 g/mol. The molecule has 0 fully saturated rings. The third-order valence-corrected chi connectivity index (χ3v) is 3.40. The molecule has 1 aromatic carbocycles. The Kier molecular flexibility index (Phi) is 7.70. The van der Waals surface area contributed by atoms with Gasteiger partial charge in [-0.3, -0.25) is 4.90 Å². The predicted octanol–water partition coefficient (Wildman–Crippen LogP) is 3.07. The Morgan fingerprint density at radius 2 is 1.61 bits per heavy atom. The molecular formula is C16H28N2. The van der Waals surface area contributed by atoms with Crippen LogP contribution in [0.3, 0.4) is 0 Å². The summed E-state index contributed by atoms with van der Waals surface area (Å²) in [6.07, 6.45) is 2.35. The normalized spacial score (nSPS) is 11.1. The van der Waals surface area contributed by atoms with Crippen LogP contribution in [0.4, 0.5) is 0 Å². The van der Waals surface area contributed by atoms with E-state index >= 15 is 0 Å². The molecule has 1 rings (SSSR count). The highest BCUT2D eigenvalue weighted by Crippen LogP contribution is 2.12. The van der Waals surface area contributed by atoms with Crippen LogP contribution in [0.2, 0.25) is 0 Å². The molecule has 1 aromatic rings. The minimum atomic E-state index is 1.08. The van der Waals surface area contributed by atoms with E-state index in [1.54, 1.807) is 0 Å². The number of hydrogen-bond donors (Lipinski definition) is 1. The average Bonchev–Trinajstić information content (AvgIpc) is 2.42. The second-order valence-electron chi connectivity index (χ2n) is 4.73. The number of nitrogens with one attached hydrogen (secondary N) is 1. The maximum absolute atomic E-state index is 3.48. The van der Waals surface area contributed by atoms with Crippen LogP contribution < -0.4 is 5.32 Å². The Hall–Kier alpha value is -0.860. The molecule has 0 spiro atoms. The van der Waals surface area contributed by atoms with Crippen molar-refractivity contribution in [1.29, 1.82) is 0 Å². The summed E-state index contributed by atoms with van der Waals surface area (Å²) >= 11 is 0. The quantitative estimate of drug-likeness (QED) is 0.676. The van der Waals surface area contributed by atoms with E-state index in [1.165, 1.54) is 17.5 Å². The Balaban J connectivity index is 2.55. The van der Waals surface area contributed by atoms with Gasteiger partial charge in [-0.25, -0.2) is 0 Å². The Labute approximate surface area is 112 Å². The lowest BCUT2D eigenvalue weighted by atomic mass is 10.0. The molecule has 0 aliphatic heterocycles. The van der Waals surface area contributed by atoms with E-state index in [9.17, 15) is 0 Å². The number of rotatable bonds is 9. The Bertz CT molecular complexity index is 319. The predicted molar refractivity (Wildman–Crippen MR) is 79.9 cm³/mol. The van der Waals surface area contributed by atoms with Crippen LogP contribution in [0.25, 0.3) is 0 Å². The van der Waals surface area contributed by atoms with Crippen molar-refractivity contribution in [3.05, 3.63) is 35.4 Å². The van der Waals surface area contributed by atoms with Crippen LogP contribution in [-0.2, 0) is 13.0 Å². The highest BCUT2D eigenvalue weighted by molar-refractivity contribution is 5.27. The molecule has 0 aromatic heterocycles. The van der Waals surface area contributed by atoms with Crippen LogP contribution in [0.1, 0.15) is 38.3 Å². The van der Waals surface area contributed by atoms with E-state index in [1.807, 2.05) is 0 Å². The number of hydrogen-bond acceptors (Lipinski definition) is 2. The smallest absolute Gasteiger partial charge is 0.0236 e. The molecule has 18 heavy (non-hydrogen) atoms. The van der Waals surface area contributed by atoms with E-state index < -0.39 is 0 Å². The van der Waals surface area contributed by atoms with Crippen molar-refractivity contribution in [1.82, 2.24) is 10.2 Å². The van der Waals surface area contributed by atoms with Gasteiger partial charge >= 0.3 is 0 Å². The van der Waals surface area contributed by atoms with Gasteiger partial charge in [-0.05, 0) is 50.1 Å². The second kappa shape index (κ2) is 9.12. The van der Waals surface area contributed by atoms with Gasteiger partial charge in [-0.15, -0.1) is 0 Å². The first-order valence-corrected chi connectivity index (χ1v) is 7.31. The number of nitrogens with zero attached hydrogens (tertiary/aromatic N) is 1. The van der Waals surface area contributed by atoms with Crippen LogP contribution in [-0.4, -0.2) is 31.1 Å². The Morgan fingerprint density at radius 1 is 0.944 bits per heavy atom. The highest BCUT2D eigenvalue weighted by atomic mass is 15.1. The van der Waals surface area contributed by atoms with Crippen molar-refractivity contribution >= 4 is 0 Å². The molecule has 0 saturated heterocycles. The minimum absolute atomic E-state index is 1.08. The molecule has 2 nitrogen and oxygen atoms in total. The van der Waals surface area contributed by atoms with Crippen LogP contribution in [0, 0.1) is 0 Å². The molecule has 0 atom stereocenters. The fraction of sp³-hybridized carbons (Fsp3) is 0.625. The topological polar surface area (TPSA) is 15.3 Å². The lowest BCUT2D eigenvalue weighted by Gasteiger charge is -2.20. The summed E-state index contributed by atoms with van der Waals surface area (Å²) in [6, 6.07) is 8.85. The molecule has 0 unspecified atom stereocenters. The van der Waals surface area contributed by atoms with E-state index in [0.29, 0.717) is 0 Å². The van der Waals surface area contributed by atoms with Crippen LogP contribution in [0.15, 0.2) is 24.3 Å². The van der Waals surface area contributed by atoms with Gasteiger partial charge in [0, 0.05) is 6.54 Å². The zero-order chi connectivity index (χ0) is 13.2. The van der Waals surface area contributed by atoms with Gasteiger partial charge < -0.3 is 5.32 Å². The largest absolute Gasteiger partial charge is 0.316 e. The van der Waals surface area contributed by atoms with E-state index in [0.717, 1.165) is 39.1 Å². The molecule has 0 radical (unpaired) electrons. The summed E-state index contributed by atoms with van der Waals surface area (Å²) in [5.74, 6) is 0. The first kappa shape index (κ1) is 15.2. The highest BCUT2D eigenvalue weighted by Gasteiger charge is 2.05. The molecule has 0 saturated carbocycles. The molecule has 0 amide bonds. The first-order valence-electron chi connectivity index (χ1n) is 7.31. The standard InChI is InChI=1S/C16H28N2/c1-4-12-17-13-11-15-9-7-8-10-16(15)14-18(5-2)6-3/h7-10,17H,4-6,11-14H2,1-3H3. The minimum Gasteiger partial charge on any atom is -0.316 e. The fourth-order valence-electron chi connectivity index (χ4n) is 2.17. The van der Waals surface area contributed by atoms with Gasteiger partial charge in [0.1, 0.15) is 0 Å². The molecule has 0 bridgehead atoms. The first-order chi connectivity index (χ1) is 8.81. The third-order valence-electron chi connectivity index (χ3n) is 3.40. The second-order valence-corrected chi connectivity index (χ2v) is 4.73. The molecule has 1 N–H and O–H groups in total. The van der Waals surface area contributed by atoms with Crippen molar-refractivity contribution in [2.24, 2.45) is 0 Å². The van der Waals surface area contributed by atoms with Crippen molar-refractivity contribution in [3.8, 4) is 0 Å². The van der Waals surface area contributed by atoms with E-state index in [4.69, 9.17) is 0 Å². The van der Waals surface area contributed by atoms with Gasteiger partial charge in [0.25, 0.3) is 0 Å². The van der Waals surface area contributed by atoms with Gasteiger partial charge in [-0.2, -0.15) is 0 Å². The molecule has 0 aliphatic carbocycles. The van der Waals surface area contributed by atoms with Crippen molar-refractivity contribution in [2.45, 2.75) is 40.2 Å². The Morgan fingerprint density at radius 3 is 2.22 bits per heavy atom. The van der Waals surface area contributed by atoms with Crippen molar-refractivity contribution in [2.75, 3.05) is 26.2 Å². The maximum Gasteiger partial charge on any atom is 0.0236 e.